The van der Waals surface area contributed by atoms with Crippen LogP contribution in [0, 0.1) is 5.92 Å². The van der Waals surface area contributed by atoms with Gasteiger partial charge >= 0.3 is 0 Å². The number of nitrogens with zero attached hydrogens (tertiary/aromatic N) is 4. The Kier molecular flexibility index (Phi) is 7.85. The van der Waals surface area contributed by atoms with Gasteiger partial charge < -0.3 is 20.1 Å². The second-order valence-electron chi connectivity index (χ2n) is 8.39. The van der Waals surface area contributed by atoms with Crippen molar-refractivity contribution in [2.75, 3.05) is 38.3 Å². The third-order valence-electron chi connectivity index (χ3n) is 5.74. The number of hydrogen-bond donors (Lipinski definition) is 2. The van der Waals surface area contributed by atoms with Crippen molar-refractivity contribution in [3.63, 3.8) is 0 Å². The minimum atomic E-state index is -3.49. The van der Waals surface area contributed by atoms with E-state index in [0.29, 0.717) is 0 Å². The van der Waals surface area contributed by atoms with Crippen LogP contribution < -0.4 is 10.1 Å². The number of amides is 2. The van der Waals surface area contributed by atoms with E-state index >= 15 is 0 Å². The highest BCUT2D eigenvalue weighted by atomic mass is 32.2. The van der Waals surface area contributed by atoms with E-state index in [1.54, 1.807) is 25.1 Å². The Labute approximate surface area is 198 Å². The van der Waals surface area contributed by atoms with Crippen molar-refractivity contribution in [2.45, 2.75) is 26.0 Å². The topological polar surface area (TPSA) is 142 Å². The summed E-state index contributed by atoms with van der Waals surface area (Å²) in [7, 11) is -2.04. The molecule has 3 atom stereocenters. The quantitative estimate of drug-likeness (QED) is 0.580. The molecule has 1 aromatic heterocycles. The highest BCUT2D eigenvalue weighted by Crippen LogP contribution is 2.35. The molecule has 1 aromatic carbocycles. The molecule has 12 heteroatoms. The second kappa shape index (κ2) is 10.5. The molecular formula is C22H29N5O6S. The molecule has 2 amide bonds. The van der Waals surface area contributed by atoms with Gasteiger partial charge in [-0.3, -0.25) is 14.6 Å². The van der Waals surface area contributed by atoms with Crippen molar-refractivity contribution in [3.05, 3.63) is 48.0 Å². The predicted octanol–water partition coefficient (Wildman–Crippen LogP) is 0.840. The fourth-order valence-corrected chi connectivity index (χ4v) is 3.97. The number of aliphatic hydroxyl groups excluding tert-OH is 1. The minimum absolute atomic E-state index is 0.0292. The van der Waals surface area contributed by atoms with Gasteiger partial charge in [-0.25, -0.2) is 17.7 Å². The number of carbonyl (C=O) groups excluding carboxylic acids is 2. The van der Waals surface area contributed by atoms with Crippen LogP contribution in [0.3, 0.4) is 0 Å². The van der Waals surface area contributed by atoms with Crippen molar-refractivity contribution in [2.24, 2.45) is 5.92 Å². The Hall–Kier alpha value is -3.09. The number of carbonyl (C=O) groups is 2. The van der Waals surface area contributed by atoms with Gasteiger partial charge in [0.2, 0.25) is 10.0 Å². The molecule has 2 aromatic rings. The van der Waals surface area contributed by atoms with Gasteiger partial charge in [-0.05, 0) is 19.1 Å². The number of anilines is 1. The Balaban J connectivity index is 2.06. The van der Waals surface area contributed by atoms with E-state index in [4.69, 9.17) is 4.74 Å². The Morgan fingerprint density at radius 3 is 2.74 bits per heavy atom. The average Bonchev–Trinajstić information content (AvgIpc) is 2.81. The monoisotopic (exact) mass is 491 g/mol. The van der Waals surface area contributed by atoms with E-state index in [2.05, 4.69) is 15.3 Å². The van der Waals surface area contributed by atoms with E-state index in [9.17, 15) is 23.1 Å². The summed E-state index contributed by atoms with van der Waals surface area (Å²) in [5, 5.41) is 12.4. The fourth-order valence-electron chi connectivity index (χ4n) is 3.55. The SMILES string of the molecule is C[C@@H]1CN([C@H](C)CO)C(=O)c2cccc(NC(=O)c3cnccn3)c2O[C@@H]1CN(C)S(C)(=O)=O. The number of aliphatic hydroxyl groups is 1. The van der Waals surface area contributed by atoms with E-state index in [1.807, 2.05) is 6.92 Å². The summed E-state index contributed by atoms with van der Waals surface area (Å²) >= 11 is 0. The van der Waals surface area contributed by atoms with E-state index in [-0.39, 0.29) is 54.2 Å². The molecule has 3 rings (SSSR count). The highest BCUT2D eigenvalue weighted by Gasteiger charge is 2.35. The molecule has 0 spiro atoms. The maximum Gasteiger partial charge on any atom is 0.275 e. The highest BCUT2D eigenvalue weighted by molar-refractivity contribution is 7.88. The average molecular weight is 492 g/mol. The molecule has 0 radical (unpaired) electrons. The van der Waals surface area contributed by atoms with Gasteiger partial charge in [-0.1, -0.05) is 13.0 Å². The Bertz CT molecular complexity index is 1140. The molecule has 0 unspecified atom stereocenters. The number of ether oxygens (including phenoxy) is 1. The molecule has 34 heavy (non-hydrogen) atoms. The minimum Gasteiger partial charge on any atom is -0.486 e. The molecule has 1 aliphatic heterocycles. The first-order valence-electron chi connectivity index (χ1n) is 10.7. The number of rotatable bonds is 7. The van der Waals surface area contributed by atoms with Gasteiger partial charge in [-0.15, -0.1) is 0 Å². The lowest BCUT2D eigenvalue weighted by Gasteiger charge is -2.38. The van der Waals surface area contributed by atoms with Crippen molar-refractivity contribution in [1.82, 2.24) is 19.2 Å². The molecule has 2 N–H and O–H groups in total. The number of likely N-dealkylation sites (N-methyl/N-ethyl adjacent to an activating group) is 1. The molecule has 11 nitrogen and oxygen atoms in total. The number of aromatic nitrogens is 2. The smallest absolute Gasteiger partial charge is 0.275 e. The third-order valence-corrected chi connectivity index (χ3v) is 7.02. The standard InChI is InChI=1S/C22H29N5O6S/c1-14-11-27(15(2)13-28)22(30)16-6-5-7-17(25-21(29)18-10-23-8-9-24-18)20(16)33-19(14)12-26(3)34(4,31)32/h5-10,14-15,19,28H,11-13H2,1-4H3,(H,25,29)/t14-,15-,19-/m1/s1. The molecule has 0 saturated heterocycles. The van der Waals surface area contributed by atoms with Crippen molar-refractivity contribution in [3.8, 4) is 5.75 Å². The Morgan fingerprint density at radius 1 is 1.38 bits per heavy atom. The number of nitrogens with one attached hydrogen (secondary N) is 1. The van der Waals surface area contributed by atoms with Gasteiger partial charge in [-0.2, -0.15) is 0 Å². The molecule has 2 heterocycles. The number of para-hydroxylation sites is 1. The lowest BCUT2D eigenvalue weighted by molar-refractivity contribution is 0.0389. The lowest BCUT2D eigenvalue weighted by Crippen LogP contribution is -2.50. The van der Waals surface area contributed by atoms with Gasteiger partial charge in [0, 0.05) is 31.9 Å². The summed E-state index contributed by atoms with van der Waals surface area (Å²) < 4.78 is 31.5. The second-order valence-corrected chi connectivity index (χ2v) is 10.5. The van der Waals surface area contributed by atoms with Crippen molar-refractivity contribution < 1.29 is 27.9 Å². The summed E-state index contributed by atoms with van der Waals surface area (Å²) in [6, 6.07) is 4.28. The Morgan fingerprint density at radius 2 is 2.12 bits per heavy atom. The first-order chi connectivity index (χ1) is 16.0. The first kappa shape index (κ1) is 25.5. The van der Waals surface area contributed by atoms with Crippen LogP contribution in [0.15, 0.2) is 36.8 Å². The number of benzene rings is 1. The molecule has 0 bridgehead atoms. The molecular weight excluding hydrogens is 462 g/mol. The number of fused-ring (bicyclic) bond motifs is 1. The van der Waals surface area contributed by atoms with Crippen LogP contribution in [0.25, 0.3) is 0 Å². The largest absolute Gasteiger partial charge is 0.486 e. The van der Waals surface area contributed by atoms with Gasteiger partial charge in [0.1, 0.15) is 11.8 Å². The first-order valence-corrected chi connectivity index (χ1v) is 12.6. The van der Waals surface area contributed by atoms with Crippen LogP contribution in [0.5, 0.6) is 5.75 Å². The zero-order chi connectivity index (χ0) is 25.0. The summed E-state index contributed by atoms with van der Waals surface area (Å²) in [6.45, 7) is 3.60. The van der Waals surface area contributed by atoms with Crippen LogP contribution in [0.1, 0.15) is 34.7 Å². The maximum absolute atomic E-state index is 13.4. The predicted molar refractivity (Wildman–Crippen MR) is 125 cm³/mol. The van der Waals surface area contributed by atoms with Crippen molar-refractivity contribution >= 4 is 27.5 Å². The molecule has 0 fully saturated rings. The van der Waals surface area contributed by atoms with Crippen LogP contribution in [0.2, 0.25) is 0 Å². The summed E-state index contributed by atoms with van der Waals surface area (Å²) in [6.07, 6.45) is 4.60. The molecule has 0 aliphatic carbocycles. The maximum atomic E-state index is 13.4. The summed E-state index contributed by atoms with van der Waals surface area (Å²) in [5.41, 5.74) is 0.505. The van der Waals surface area contributed by atoms with E-state index in [0.717, 1.165) is 6.26 Å². The van der Waals surface area contributed by atoms with Gasteiger partial charge in [0.25, 0.3) is 11.8 Å². The number of hydrogen-bond acceptors (Lipinski definition) is 8. The zero-order valence-corrected chi connectivity index (χ0v) is 20.3. The van der Waals surface area contributed by atoms with Crippen LogP contribution >= 0.6 is 0 Å². The molecule has 1 aliphatic rings. The van der Waals surface area contributed by atoms with Crippen LogP contribution in [0.4, 0.5) is 5.69 Å². The van der Waals surface area contributed by atoms with Crippen LogP contribution in [-0.2, 0) is 10.0 Å². The third kappa shape index (κ3) is 5.69. The summed E-state index contributed by atoms with van der Waals surface area (Å²) in [4.78, 5) is 35.6. The van der Waals surface area contributed by atoms with Crippen LogP contribution in [-0.4, -0.2) is 89.7 Å². The van der Waals surface area contributed by atoms with Gasteiger partial charge in [0.15, 0.2) is 5.75 Å². The number of sulfonamides is 1. The van der Waals surface area contributed by atoms with E-state index in [1.165, 1.54) is 34.8 Å². The lowest BCUT2D eigenvalue weighted by atomic mass is 9.99. The van der Waals surface area contributed by atoms with Gasteiger partial charge in [0.05, 0.1) is 42.9 Å². The summed E-state index contributed by atoms with van der Waals surface area (Å²) in [5.74, 6) is -1.08. The zero-order valence-electron chi connectivity index (χ0n) is 19.5. The van der Waals surface area contributed by atoms with E-state index < -0.39 is 28.1 Å². The normalized spacial score (nSPS) is 19.6. The van der Waals surface area contributed by atoms with Crippen molar-refractivity contribution in [1.29, 1.82) is 0 Å². The fraction of sp³-hybridized carbons (Fsp3) is 0.455. The molecule has 0 saturated carbocycles. The molecule has 184 valence electrons.